The Kier molecular flexibility index (Phi) is 3.21. The third-order valence-electron chi connectivity index (χ3n) is 3.28. The molecule has 2 aromatic carbocycles. The standard InChI is InChI=1S/C16H13FN2O/c17-14-7-3-1-5-11(14)9-18-16-13(10-20)12-6-2-4-8-15(12)19-16/h1-8,10,18-19H,9H2. The first kappa shape index (κ1) is 12.4. The van der Waals surface area contributed by atoms with Gasteiger partial charge >= 0.3 is 0 Å². The molecule has 0 saturated carbocycles. The molecule has 0 fully saturated rings. The van der Waals surface area contributed by atoms with E-state index in [1.165, 1.54) is 6.07 Å². The molecule has 3 rings (SSSR count). The van der Waals surface area contributed by atoms with Gasteiger partial charge < -0.3 is 10.3 Å². The van der Waals surface area contributed by atoms with Crippen molar-refractivity contribution in [2.45, 2.75) is 6.54 Å². The van der Waals surface area contributed by atoms with Gasteiger partial charge in [-0.15, -0.1) is 0 Å². The molecule has 100 valence electrons. The normalized spacial score (nSPS) is 10.7. The number of hydrogen-bond acceptors (Lipinski definition) is 2. The lowest BCUT2D eigenvalue weighted by atomic mass is 10.2. The number of aldehydes is 1. The van der Waals surface area contributed by atoms with Crippen LogP contribution in [0.4, 0.5) is 10.2 Å². The smallest absolute Gasteiger partial charge is 0.154 e. The molecule has 0 aliphatic heterocycles. The highest BCUT2D eigenvalue weighted by Gasteiger charge is 2.10. The third kappa shape index (κ3) is 2.16. The van der Waals surface area contributed by atoms with E-state index in [1.54, 1.807) is 18.2 Å². The number of hydrogen-bond donors (Lipinski definition) is 2. The highest BCUT2D eigenvalue weighted by molar-refractivity contribution is 6.03. The molecule has 3 aromatic rings. The number of halogens is 1. The molecule has 0 aliphatic carbocycles. The average Bonchev–Trinajstić information content (AvgIpc) is 2.84. The van der Waals surface area contributed by atoms with Crippen LogP contribution in [-0.2, 0) is 6.54 Å². The van der Waals surface area contributed by atoms with Crippen molar-refractivity contribution < 1.29 is 9.18 Å². The number of carbonyl (C=O) groups is 1. The second kappa shape index (κ2) is 5.17. The Morgan fingerprint density at radius 3 is 2.65 bits per heavy atom. The lowest BCUT2D eigenvalue weighted by Gasteiger charge is -2.06. The van der Waals surface area contributed by atoms with Gasteiger partial charge in [0.25, 0.3) is 0 Å². The number of rotatable bonds is 4. The summed E-state index contributed by atoms with van der Waals surface area (Å²) < 4.78 is 13.6. The highest BCUT2D eigenvalue weighted by atomic mass is 19.1. The van der Waals surface area contributed by atoms with E-state index in [1.807, 2.05) is 24.3 Å². The fraction of sp³-hybridized carbons (Fsp3) is 0.0625. The molecule has 3 nitrogen and oxygen atoms in total. The Bertz CT molecular complexity index is 764. The van der Waals surface area contributed by atoms with Gasteiger partial charge in [-0.2, -0.15) is 0 Å². The predicted molar refractivity (Wildman–Crippen MR) is 77.4 cm³/mol. The first-order chi connectivity index (χ1) is 9.79. The summed E-state index contributed by atoms with van der Waals surface area (Å²) in [4.78, 5) is 14.4. The van der Waals surface area contributed by atoms with Crippen molar-refractivity contribution in [3.05, 3.63) is 65.5 Å². The summed E-state index contributed by atoms with van der Waals surface area (Å²) in [6.45, 7) is 0.320. The van der Waals surface area contributed by atoms with Crippen LogP contribution in [0.25, 0.3) is 10.9 Å². The molecule has 2 N–H and O–H groups in total. The quantitative estimate of drug-likeness (QED) is 0.708. The van der Waals surface area contributed by atoms with E-state index in [4.69, 9.17) is 0 Å². The van der Waals surface area contributed by atoms with E-state index in [0.29, 0.717) is 23.5 Å². The topological polar surface area (TPSA) is 44.9 Å². The molecule has 0 atom stereocenters. The summed E-state index contributed by atoms with van der Waals surface area (Å²) >= 11 is 0. The van der Waals surface area contributed by atoms with Crippen molar-refractivity contribution in [3.63, 3.8) is 0 Å². The minimum Gasteiger partial charge on any atom is -0.367 e. The Morgan fingerprint density at radius 2 is 1.85 bits per heavy atom. The van der Waals surface area contributed by atoms with Crippen molar-refractivity contribution in [2.24, 2.45) is 0 Å². The molecule has 4 heteroatoms. The maximum Gasteiger partial charge on any atom is 0.154 e. The summed E-state index contributed by atoms with van der Waals surface area (Å²) in [6.07, 6.45) is 0.808. The van der Waals surface area contributed by atoms with Gasteiger partial charge in [0.2, 0.25) is 0 Å². The summed E-state index contributed by atoms with van der Waals surface area (Å²) in [6, 6.07) is 14.1. The van der Waals surface area contributed by atoms with Gasteiger partial charge in [-0.3, -0.25) is 4.79 Å². The second-order valence-corrected chi connectivity index (χ2v) is 4.52. The maximum atomic E-state index is 13.6. The molecular weight excluding hydrogens is 255 g/mol. The SMILES string of the molecule is O=Cc1c(NCc2ccccc2F)[nH]c2ccccc12. The largest absolute Gasteiger partial charge is 0.367 e. The van der Waals surface area contributed by atoms with Gasteiger partial charge in [-0.1, -0.05) is 36.4 Å². The van der Waals surface area contributed by atoms with E-state index in [9.17, 15) is 9.18 Å². The van der Waals surface area contributed by atoms with E-state index in [2.05, 4.69) is 10.3 Å². The molecule has 0 amide bonds. The van der Waals surface area contributed by atoms with E-state index in [-0.39, 0.29) is 5.82 Å². The molecular formula is C16H13FN2O. The predicted octanol–water partition coefficient (Wildman–Crippen LogP) is 3.73. The molecule has 1 aromatic heterocycles. The first-order valence-corrected chi connectivity index (χ1v) is 6.33. The zero-order valence-electron chi connectivity index (χ0n) is 10.7. The van der Waals surface area contributed by atoms with Crippen LogP contribution in [0.3, 0.4) is 0 Å². The molecule has 0 radical (unpaired) electrons. The number of anilines is 1. The number of para-hydroxylation sites is 1. The monoisotopic (exact) mass is 268 g/mol. The Morgan fingerprint density at radius 1 is 1.10 bits per heavy atom. The van der Waals surface area contributed by atoms with Crippen LogP contribution in [0.15, 0.2) is 48.5 Å². The van der Waals surface area contributed by atoms with Gasteiger partial charge in [0.15, 0.2) is 6.29 Å². The van der Waals surface area contributed by atoms with E-state index >= 15 is 0 Å². The zero-order chi connectivity index (χ0) is 13.9. The van der Waals surface area contributed by atoms with Crippen molar-refractivity contribution in [1.29, 1.82) is 0 Å². The van der Waals surface area contributed by atoms with E-state index < -0.39 is 0 Å². The number of nitrogens with one attached hydrogen (secondary N) is 2. The molecule has 1 heterocycles. The minimum absolute atomic E-state index is 0.260. The van der Waals surface area contributed by atoms with Crippen molar-refractivity contribution in [2.75, 3.05) is 5.32 Å². The van der Waals surface area contributed by atoms with Crippen LogP contribution >= 0.6 is 0 Å². The van der Waals surface area contributed by atoms with Gasteiger partial charge in [0.05, 0.1) is 5.56 Å². The summed E-state index contributed by atoms with van der Waals surface area (Å²) in [5.74, 6) is 0.355. The number of benzene rings is 2. The molecule has 0 aliphatic rings. The Labute approximate surface area is 115 Å². The number of fused-ring (bicyclic) bond motifs is 1. The lowest BCUT2D eigenvalue weighted by molar-refractivity contribution is 0.112. The summed E-state index contributed by atoms with van der Waals surface area (Å²) in [7, 11) is 0. The first-order valence-electron chi connectivity index (χ1n) is 6.33. The average molecular weight is 268 g/mol. The van der Waals surface area contributed by atoms with Gasteiger partial charge in [-0.05, 0) is 12.1 Å². The van der Waals surface area contributed by atoms with Crippen molar-refractivity contribution in [3.8, 4) is 0 Å². The van der Waals surface area contributed by atoms with Crippen LogP contribution in [0.2, 0.25) is 0 Å². The molecule has 0 spiro atoms. The molecule has 0 bridgehead atoms. The van der Waals surface area contributed by atoms with Crippen LogP contribution in [0, 0.1) is 5.82 Å². The third-order valence-corrected chi connectivity index (χ3v) is 3.28. The highest BCUT2D eigenvalue weighted by Crippen LogP contribution is 2.25. The van der Waals surface area contributed by atoms with E-state index in [0.717, 1.165) is 17.2 Å². The maximum absolute atomic E-state index is 13.6. The summed E-state index contributed by atoms with van der Waals surface area (Å²) in [5.41, 5.74) is 2.01. The second-order valence-electron chi connectivity index (χ2n) is 4.52. The number of H-pyrrole nitrogens is 1. The summed E-state index contributed by atoms with van der Waals surface area (Å²) in [5, 5.41) is 3.94. The van der Waals surface area contributed by atoms with Gasteiger partial charge in [0.1, 0.15) is 11.6 Å². The fourth-order valence-electron chi connectivity index (χ4n) is 2.25. The molecule has 0 saturated heterocycles. The molecule has 20 heavy (non-hydrogen) atoms. The van der Waals surface area contributed by atoms with Crippen LogP contribution in [-0.4, -0.2) is 11.3 Å². The van der Waals surface area contributed by atoms with Gasteiger partial charge in [-0.25, -0.2) is 4.39 Å². The zero-order valence-corrected chi connectivity index (χ0v) is 10.7. The van der Waals surface area contributed by atoms with Crippen LogP contribution in [0.5, 0.6) is 0 Å². The van der Waals surface area contributed by atoms with Crippen molar-refractivity contribution in [1.82, 2.24) is 4.98 Å². The van der Waals surface area contributed by atoms with Crippen LogP contribution < -0.4 is 5.32 Å². The van der Waals surface area contributed by atoms with Crippen molar-refractivity contribution >= 4 is 23.0 Å². The van der Waals surface area contributed by atoms with Crippen LogP contribution in [0.1, 0.15) is 15.9 Å². The molecule has 0 unspecified atom stereocenters. The number of aromatic nitrogens is 1. The number of carbonyl (C=O) groups excluding carboxylic acids is 1. The number of aromatic amines is 1. The lowest BCUT2D eigenvalue weighted by Crippen LogP contribution is -2.03. The Hall–Kier alpha value is -2.62. The fourth-order valence-corrected chi connectivity index (χ4v) is 2.25. The Balaban J connectivity index is 1.91. The van der Waals surface area contributed by atoms with Gasteiger partial charge in [0, 0.05) is 23.0 Å². The minimum atomic E-state index is -0.260.